The first kappa shape index (κ1) is 22.2. The molecule has 0 aliphatic carbocycles. The molecule has 0 saturated carbocycles. The number of benzene rings is 2. The molecule has 0 radical (unpaired) electrons. The monoisotopic (exact) mass is 487 g/mol. The molecule has 2 aromatic carbocycles. The minimum Gasteiger partial charge on any atom is -0.507 e. The van der Waals surface area contributed by atoms with Gasteiger partial charge in [-0.2, -0.15) is 0 Å². The molecule has 35 heavy (non-hydrogen) atoms. The average Bonchev–Trinajstić information content (AvgIpc) is 3.41. The number of methoxy groups -OCH3 is 1. The molecule has 5 rings (SSSR count). The van der Waals surface area contributed by atoms with Gasteiger partial charge in [0, 0.05) is 6.20 Å². The van der Waals surface area contributed by atoms with Crippen molar-refractivity contribution in [2.45, 2.75) is 6.04 Å². The maximum Gasteiger partial charge on any atom is 0.335 e. The summed E-state index contributed by atoms with van der Waals surface area (Å²) in [5.74, 6) is -2.93. The number of hydrogen-bond acceptors (Lipinski definition) is 8. The van der Waals surface area contributed by atoms with E-state index in [1.807, 2.05) is 0 Å². The molecule has 10 heteroatoms. The van der Waals surface area contributed by atoms with Gasteiger partial charge in [-0.1, -0.05) is 29.5 Å². The quantitative estimate of drug-likeness (QED) is 0.245. The van der Waals surface area contributed by atoms with Gasteiger partial charge < -0.3 is 14.9 Å². The van der Waals surface area contributed by atoms with Crippen molar-refractivity contribution in [3.05, 3.63) is 89.3 Å². The van der Waals surface area contributed by atoms with Crippen LogP contribution in [0.5, 0.6) is 5.75 Å². The summed E-state index contributed by atoms with van der Waals surface area (Å²) in [6.07, 6.45) is 1.52. The van der Waals surface area contributed by atoms with Gasteiger partial charge in [-0.05, 0) is 42.5 Å². The van der Waals surface area contributed by atoms with Crippen LogP contribution in [0.15, 0.2) is 72.4 Å². The molecular weight excluding hydrogens is 470 g/mol. The number of carbonyl (C=O) groups excluding carboxylic acids is 2. The zero-order valence-corrected chi connectivity index (χ0v) is 19.0. The summed E-state index contributed by atoms with van der Waals surface area (Å²) >= 11 is 1.07. The molecule has 0 spiro atoms. The maximum atomic E-state index is 13.3. The van der Waals surface area contributed by atoms with Crippen LogP contribution in [0, 0.1) is 0 Å². The normalized spacial score (nSPS) is 17.2. The number of hydrogen-bond donors (Lipinski definition) is 2. The van der Waals surface area contributed by atoms with Crippen molar-refractivity contribution in [1.29, 1.82) is 0 Å². The zero-order chi connectivity index (χ0) is 24.7. The molecule has 1 fully saturated rings. The molecule has 2 N–H and O–H groups in total. The number of aromatic nitrogens is 2. The second kappa shape index (κ2) is 8.65. The number of fused-ring (bicyclic) bond motifs is 1. The molecule has 1 amide bonds. The smallest absolute Gasteiger partial charge is 0.335 e. The average molecular weight is 487 g/mol. The number of amides is 1. The van der Waals surface area contributed by atoms with Gasteiger partial charge in [-0.15, -0.1) is 0 Å². The number of ketones is 1. The number of carbonyl (C=O) groups is 3. The van der Waals surface area contributed by atoms with Crippen molar-refractivity contribution < 1.29 is 29.3 Å². The number of ether oxygens (including phenoxy) is 1. The van der Waals surface area contributed by atoms with Crippen LogP contribution in [0.2, 0.25) is 0 Å². The van der Waals surface area contributed by atoms with Gasteiger partial charge in [0.2, 0.25) is 0 Å². The Kier molecular flexibility index (Phi) is 5.50. The highest BCUT2D eigenvalue weighted by Crippen LogP contribution is 2.44. The number of aromatic carboxylic acids is 1. The zero-order valence-electron chi connectivity index (χ0n) is 18.2. The highest BCUT2D eigenvalue weighted by atomic mass is 32.1. The van der Waals surface area contributed by atoms with Gasteiger partial charge >= 0.3 is 11.9 Å². The third-order valence-electron chi connectivity index (χ3n) is 5.60. The van der Waals surface area contributed by atoms with Crippen LogP contribution >= 0.6 is 11.3 Å². The van der Waals surface area contributed by atoms with Crippen LogP contribution in [0.3, 0.4) is 0 Å². The lowest BCUT2D eigenvalue weighted by molar-refractivity contribution is -0.132. The molecular formula is C25H17N3O6S. The summed E-state index contributed by atoms with van der Waals surface area (Å²) < 4.78 is 5.87. The summed E-state index contributed by atoms with van der Waals surface area (Å²) in [4.78, 5) is 47.9. The van der Waals surface area contributed by atoms with E-state index in [9.17, 15) is 24.6 Å². The standard InChI is InChI=1S/C25H17N3O6S/c1-34-17-8-3-2-6-14(17)21(29)19-20(16-7-4-5-11-26-16)28(23(31)22(19)30)25-27-15-10-9-13(24(32)33)12-18(15)35-25/h2-12,20,29H,1H3,(H,32,33)/b21-19+. The van der Waals surface area contributed by atoms with E-state index in [1.54, 1.807) is 48.5 Å². The molecule has 1 aliphatic rings. The predicted molar refractivity (Wildman–Crippen MR) is 129 cm³/mol. The number of rotatable bonds is 5. The molecule has 3 heterocycles. The fourth-order valence-corrected chi connectivity index (χ4v) is 5.01. The molecule has 174 valence electrons. The summed E-state index contributed by atoms with van der Waals surface area (Å²) in [5, 5.41) is 20.7. The van der Waals surface area contributed by atoms with Crippen LogP contribution in [0.1, 0.15) is 27.7 Å². The molecule has 1 atom stereocenters. The van der Waals surface area contributed by atoms with Gasteiger partial charge in [-0.3, -0.25) is 19.5 Å². The maximum absolute atomic E-state index is 13.3. The van der Waals surface area contributed by atoms with Gasteiger partial charge in [0.25, 0.3) is 5.78 Å². The fraction of sp³-hybridized carbons (Fsp3) is 0.0800. The molecule has 0 bridgehead atoms. The Morgan fingerprint density at radius 1 is 1.06 bits per heavy atom. The third-order valence-corrected chi connectivity index (χ3v) is 6.62. The van der Waals surface area contributed by atoms with E-state index < -0.39 is 29.5 Å². The van der Waals surface area contributed by atoms with Crippen molar-refractivity contribution in [3.63, 3.8) is 0 Å². The summed E-state index contributed by atoms with van der Waals surface area (Å²) in [6.45, 7) is 0. The molecule has 9 nitrogen and oxygen atoms in total. The van der Waals surface area contributed by atoms with E-state index in [-0.39, 0.29) is 21.8 Å². The third kappa shape index (κ3) is 3.69. The number of Topliss-reactive ketones (excluding diaryl/α,β-unsaturated/α-hetero) is 1. The number of para-hydroxylation sites is 1. The number of thiazole rings is 1. The highest BCUT2D eigenvalue weighted by Gasteiger charge is 2.49. The number of nitrogens with zero attached hydrogens (tertiary/aromatic N) is 3. The minimum atomic E-state index is -1.09. The van der Waals surface area contributed by atoms with Crippen molar-refractivity contribution in [1.82, 2.24) is 9.97 Å². The lowest BCUT2D eigenvalue weighted by Gasteiger charge is -2.22. The minimum absolute atomic E-state index is 0.0761. The Hall–Kier alpha value is -4.57. The van der Waals surface area contributed by atoms with Crippen molar-refractivity contribution in [3.8, 4) is 5.75 Å². The van der Waals surface area contributed by atoms with E-state index in [0.29, 0.717) is 21.7 Å². The molecule has 1 unspecified atom stereocenters. The Bertz CT molecular complexity index is 1530. The number of carboxylic acids is 1. The number of carboxylic acid groups (broad SMARTS) is 1. The van der Waals surface area contributed by atoms with Gasteiger partial charge in [0.05, 0.1) is 39.7 Å². The van der Waals surface area contributed by atoms with Crippen molar-refractivity contribution >= 4 is 50.1 Å². The van der Waals surface area contributed by atoms with Crippen LogP contribution in [0.25, 0.3) is 16.0 Å². The SMILES string of the molecule is COc1ccccc1/C(O)=C1\C(=O)C(=O)N(c2nc3ccc(C(=O)O)cc3s2)C1c1ccccn1. The lowest BCUT2D eigenvalue weighted by Crippen LogP contribution is -2.29. The first-order valence-electron chi connectivity index (χ1n) is 10.4. The van der Waals surface area contributed by atoms with Crippen molar-refractivity contribution in [2.24, 2.45) is 0 Å². The second-order valence-corrected chi connectivity index (χ2v) is 8.62. The van der Waals surface area contributed by atoms with Crippen LogP contribution in [-0.4, -0.2) is 45.0 Å². The number of aliphatic hydroxyl groups excluding tert-OH is 1. The number of pyridine rings is 1. The molecule has 4 aromatic rings. The largest absolute Gasteiger partial charge is 0.507 e. The highest BCUT2D eigenvalue weighted by molar-refractivity contribution is 7.22. The first-order valence-corrected chi connectivity index (χ1v) is 11.2. The van der Waals surface area contributed by atoms with Gasteiger partial charge in [-0.25, -0.2) is 9.78 Å². The fourth-order valence-electron chi connectivity index (χ4n) is 3.98. The molecule has 1 saturated heterocycles. The Labute approximate surface area is 202 Å². The van der Waals surface area contributed by atoms with E-state index in [2.05, 4.69) is 9.97 Å². The van der Waals surface area contributed by atoms with E-state index in [1.165, 1.54) is 30.3 Å². The molecule has 2 aromatic heterocycles. The Balaban J connectivity index is 1.72. The summed E-state index contributed by atoms with van der Waals surface area (Å²) in [6, 6.07) is 15.0. The Morgan fingerprint density at radius 3 is 2.54 bits per heavy atom. The second-order valence-electron chi connectivity index (χ2n) is 7.61. The Morgan fingerprint density at radius 2 is 1.83 bits per heavy atom. The van der Waals surface area contributed by atoms with E-state index in [0.717, 1.165) is 11.3 Å². The summed E-state index contributed by atoms with van der Waals surface area (Å²) in [7, 11) is 1.44. The van der Waals surface area contributed by atoms with Gasteiger partial charge in [0.15, 0.2) is 5.13 Å². The number of aliphatic hydroxyl groups is 1. The van der Waals surface area contributed by atoms with Crippen molar-refractivity contribution in [2.75, 3.05) is 12.0 Å². The van der Waals surface area contributed by atoms with E-state index >= 15 is 0 Å². The van der Waals surface area contributed by atoms with Crippen LogP contribution in [0.4, 0.5) is 5.13 Å². The lowest BCUT2D eigenvalue weighted by atomic mass is 9.98. The van der Waals surface area contributed by atoms with Crippen LogP contribution < -0.4 is 9.64 Å². The molecule has 1 aliphatic heterocycles. The van der Waals surface area contributed by atoms with Crippen LogP contribution in [-0.2, 0) is 9.59 Å². The van der Waals surface area contributed by atoms with Gasteiger partial charge in [0.1, 0.15) is 17.6 Å². The topological polar surface area (TPSA) is 130 Å². The number of anilines is 1. The predicted octanol–water partition coefficient (Wildman–Crippen LogP) is 4.02. The first-order chi connectivity index (χ1) is 16.9. The van der Waals surface area contributed by atoms with E-state index in [4.69, 9.17) is 4.74 Å². The summed E-state index contributed by atoms with van der Waals surface area (Å²) in [5.41, 5.74) is 1.01.